The fourth-order valence-electron chi connectivity index (χ4n) is 3.69. The Hall–Kier alpha value is -1.30. The third-order valence-corrected chi connectivity index (χ3v) is 5.04. The highest BCUT2D eigenvalue weighted by atomic mass is 19.1. The van der Waals surface area contributed by atoms with Gasteiger partial charge in [0, 0.05) is 31.1 Å². The molecular formula is C19H27FN2O2. The Kier molecular flexibility index (Phi) is 6.35. The van der Waals surface area contributed by atoms with Crippen LogP contribution in [-0.2, 0) is 4.74 Å². The highest BCUT2D eigenvalue weighted by Gasteiger charge is 2.26. The number of piperidine rings is 1. The number of carbonyl (C=O) groups is 1. The molecule has 2 aliphatic rings. The summed E-state index contributed by atoms with van der Waals surface area (Å²) in [5.41, 5.74) is 0.509. The predicted molar refractivity (Wildman–Crippen MR) is 91.8 cm³/mol. The number of ketones is 1. The van der Waals surface area contributed by atoms with E-state index in [4.69, 9.17) is 4.74 Å². The van der Waals surface area contributed by atoms with Crippen LogP contribution >= 0.6 is 0 Å². The summed E-state index contributed by atoms with van der Waals surface area (Å²) in [6, 6.07) is 6.09. The Bertz CT molecular complexity index is 546. The van der Waals surface area contributed by atoms with Crippen molar-refractivity contribution in [2.75, 3.05) is 52.5 Å². The number of hydrogen-bond donors (Lipinski definition) is 0. The van der Waals surface area contributed by atoms with Crippen molar-refractivity contribution in [1.29, 1.82) is 0 Å². The van der Waals surface area contributed by atoms with E-state index in [1.54, 1.807) is 12.1 Å². The number of hydrogen-bond acceptors (Lipinski definition) is 4. The number of halogens is 1. The van der Waals surface area contributed by atoms with Crippen molar-refractivity contribution in [1.82, 2.24) is 9.80 Å². The molecule has 1 aromatic rings. The zero-order chi connectivity index (χ0) is 16.8. The summed E-state index contributed by atoms with van der Waals surface area (Å²) in [6.45, 7) is 7.74. The molecule has 2 heterocycles. The minimum atomic E-state index is -0.334. The van der Waals surface area contributed by atoms with Gasteiger partial charge in [-0.2, -0.15) is 0 Å². The van der Waals surface area contributed by atoms with Crippen LogP contribution in [-0.4, -0.2) is 68.1 Å². The van der Waals surface area contributed by atoms with Gasteiger partial charge in [-0.05, 0) is 51.0 Å². The van der Waals surface area contributed by atoms with Gasteiger partial charge in [0.15, 0.2) is 5.78 Å². The van der Waals surface area contributed by atoms with Gasteiger partial charge in [-0.1, -0.05) is 12.1 Å². The maximum Gasteiger partial charge on any atom is 0.167 e. The van der Waals surface area contributed by atoms with Crippen molar-refractivity contribution in [2.24, 2.45) is 5.92 Å². The van der Waals surface area contributed by atoms with E-state index in [9.17, 15) is 9.18 Å². The van der Waals surface area contributed by atoms with E-state index >= 15 is 0 Å². The van der Waals surface area contributed by atoms with E-state index < -0.39 is 0 Å². The molecule has 0 N–H and O–H groups in total. The number of benzene rings is 1. The van der Waals surface area contributed by atoms with Crippen LogP contribution in [0.3, 0.4) is 0 Å². The first-order valence-electron chi connectivity index (χ1n) is 9.04. The van der Waals surface area contributed by atoms with Gasteiger partial charge >= 0.3 is 0 Å². The Balaban J connectivity index is 1.46. The van der Waals surface area contributed by atoms with Gasteiger partial charge in [-0.25, -0.2) is 4.39 Å². The molecule has 0 spiro atoms. The molecular weight excluding hydrogens is 307 g/mol. The zero-order valence-corrected chi connectivity index (χ0v) is 14.3. The number of Topliss-reactive ketones (excluding diaryl/α,β-unsaturated/α-hetero) is 1. The lowest BCUT2D eigenvalue weighted by molar-refractivity contribution is 0.0353. The minimum Gasteiger partial charge on any atom is -0.379 e. The molecule has 132 valence electrons. The van der Waals surface area contributed by atoms with Crippen LogP contribution in [0, 0.1) is 11.7 Å². The lowest BCUT2D eigenvalue weighted by atomic mass is 9.90. The maximum absolute atomic E-state index is 13.3. The fourth-order valence-corrected chi connectivity index (χ4v) is 3.69. The van der Waals surface area contributed by atoms with Gasteiger partial charge in [0.05, 0.1) is 13.2 Å². The summed E-state index contributed by atoms with van der Waals surface area (Å²) < 4.78 is 18.7. The zero-order valence-electron chi connectivity index (χ0n) is 14.3. The fraction of sp³-hybridized carbons (Fsp3) is 0.632. The third kappa shape index (κ3) is 4.85. The molecule has 2 fully saturated rings. The minimum absolute atomic E-state index is 0.00365. The number of nitrogens with zero attached hydrogens (tertiary/aromatic N) is 2. The second-order valence-electron chi connectivity index (χ2n) is 6.82. The van der Waals surface area contributed by atoms with E-state index in [1.807, 2.05) is 0 Å². The molecule has 0 radical (unpaired) electrons. The first kappa shape index (κ1) is 17.5. The molecule has 0 bridgehead atoms. The van der Waals surface area contributed by atoms with E-state index in [-0.39, 0.29) is 17.5 Å². The van der Waals surface area contributed by atoms with Crippen LogP contribution in [0.4, 0.5) is 4.39 Å². The Morgan fingerprint density at radius 3 is 2.75 bits per heavy atom. The first-order valence-corrected chi connectivity index (χ1v) is 9.04. The standard InChI is InChI=1S/C19H27FN2O2/c20-18-6-1-4-16(14-18)19(23)17-5-2-7-22(15-17)9-3-8-21-10-12-24-13-11-21/h1,4,6,14,17H,2-3,5,7-13,15H2. The van der Waals surface area contributed by atoms with Crippen LogP contribution in [0.25, 0.3) is 0 Å². The van der Waals surface area contributed by atoms with Crippen LogP contribution in [0.2, 0.25) is 0 Å². The van der Waals surface area contributed by atoms with Gasteiger partial charge < -0.3 is 9.64 Å². The van der Waals surface area contributed by atoms with E-state index in [0.29, 0.717) is 5.56 Å². The monoisotopic (exact) mass is 334 g/mol. The summed E-state index contributed by atoms with van der Waals surface area (Å²) in [5.74, 6) is -0.240. The molecule has 3 rings (SSSR count). The van der Waals surface area contributed by atoms with Gasteiger partial charge in [0.1, 0.15) is 5.82 Å². The average molecular weight is 334 g/mol. The van der Waals surface area contributed by atoms with E-state index in [1.165, 1.54) is 12.1 Å². The summed E-state index contributed by atoms with van der Waals surface area (Å²) in [5, 5.41) is 0. The van der Waals surface area contributed by atoms with Crippen molar-refractivity contribution in [3.63, 3.8) is 0 Å². The smallest absolute Gasteiger partial charge is 0.167 e. The molecule has 0 aliphatic carbocycles. The van der Waals surface area contributed by atoms with Crippen molar-refractivity contribution in [3.8, 4) is 0 Å². The Labute approximate surface area is 143 Å². The first-order chi connectivity index (χ1) is 11.7. The summed E-state index contributed by atoms with van der Waals surface area (Å²) in [7, 11) is 0. The number of carbonyl (C=O) groups excluding carboxylic acids is 1. The van der Waals surface area contributed by atoms with E-state index in [0.717, 1.165) is 71.7 Å². The lowest BCUT2D eigenvalue weighted by Crippen LogP contribution is -2.41. The number of likely N-dealkylation sites (tertiary alicyclic amines) is 1. The Morgan fingerprint density at radius 2 is 1.96 bits per heavy atom. The molecule has 2 aliphatic heterocycles. The van der Waals surface area contributed by atoms with Crippen LogP contribution < -0.4 is 0 Å². The van der Waals surface area contributed by atoms with Crippen LogP contribution in [0.15, 0.2) is 24.3 Å². The summed E-state index contributed by atoms with van der Waals surface area (Å²) in [4.78, 5) is 17.4. The quantitative estimate of drug-likeness (QED) is 0.748. The van der Waals surface area contributed by atoms with E-state index in [2.05, 4.69) is 9.80 Å². The molecule has 24 heavy (non-hydrogen) atoms. The second kappa shape index (κ2) is 8.70. The molecule has 0 aromatic heterocycles. The normalized spacial score (nSPS) is 23.3. The highest BCUT2D eigenvalue weighted by molar-refractivity contribution is 5.98. The lowest BCUT2D eigenvalue weighted by Gasteiger charge is -2.33. The summed E-state index contributed by atoms with van der Waals surface area (Å²) in [6.07, 6.45) is 3.08. The van der Waals surface area contributed by atoms with Gasteiger partial charge in [-0.3, -0.25) is 9.69 Å². The number of rotatable bonds is 6. The molecule has 1 aromatic carbocycles. The summed E-state index contributed by atoms with van der Waals surface area (Å²) >= 11 is 0. The maximum atomic E-state index is 13.3. The van der Waals surface area contributed by atoms with Crippen molar-refractivity contribution >= 4 is 5.78 Å². The largest absolute Gasteiger partial charge is 0.379 e. The molecule has 4 nitrogen and oxygen atoms in total. The highest BCUT2D eigenvalue weighted by Crippen LogP contribution is 2.21. The molecule has 1 atom stereocenters. The predicted octanol–water partition coefficient (Wildman–Crippen LogP) is 2.44. The topological polar surface area (TPSA) is 32.8 Å². The molecule has 2 saturated heterocycles. The van der Waals surface area contributed by atoms with Gasteiger partial charge in [-0.15, -0.1) is 0 Å². The van der Waals surface area contributed by atoms with Crippen molar-refractivity contribution in [3.05, 3.63) is 35.6 Å². The molecule has 1 unspecified atom stereocenters. The molecule has 0 saturated carbocycles. The van der Waals surface area contributed by atoms with Gasteiger partial charge in [0.25, 0.3) is 0 Å². The number of morpholine rings is 1. The molecule has 5 heteroatoms. The second-order valence-corrected chi connectivity index (χ2v) is 6.82. The van der Waals surface area contributed by atoms with Crippen molar-refractivity contribution < 1.29 is 13.9 Å². The van der Waals surface area contributed by atoms with Crippen LogP contribution in [0.5, 0.6) is 0 Å². The van der Waals surface area contributed by atoms with Crippen LogP contribution in [0.1, 0.15) is 29.6 Å². The van der Waals surface area contributed by atoms with Crippen molar-refractivity contribution in [2.45, 2.75) is 19.3 Å². The molecule has 0 amide bonds. The average Bonchev–Trinajstić information content (AvgIpc) is 2.62. The number of ether oxygens (including phenoxy) is 1. The SMILES string of the molecule is O=C(c1cccc(F)c1)C1CCCN(CCCN2CCOCC2)C1. The third-order valence-electron chi connectivity index (χ3n) is 5.04. The van der Waals surface area contributed by atoms with Gasteiger partial charge in [0.2, 0.25) is 0 Å². The Morgan fingerprint density at radius 1 is 1.17 bits per heavy atom.